The van der Waals surface area contributed by atoms with Crippen LogP contribution in [0.15, 0.2) is 12.1 Å². The average molecular weight is 143 g/mol. The van der Waals surface area contributed by atoms with E-state index in [2.05, 4.69) is 12.4 Å². The maximum atomic E-state index is 4.70. The lowest BCUT2D eigenvalue weighted by atomic mass is 10.5. The zero-order valence-corrected chi connectivity index (χ0v) is 6.29. The van der Waals surface area contributed by atoms with Crippen molar-refractivity contribution in [3.63, 3.8) is 0 Å². The Morgan fingerprint density at radius 2 is 2.33 bits per heavy atom. The molecule has 0 aromatic carbocycles. The topological polar surface area (TPSA) is 21.3 Å². The second-order valence-electron chi connectivity index (χ2n) is 1.72. The van der Waals surface area contributed by atoms with Crippen LogP contribution in [0.3, 0.4) is 0 Å². The Labute approximate surface area is 58.4 Å². The van der Waals surface area contributed by atoms with Gasteiger partial charge in [-0.15, -0.1) is 11.3 Å². The van der Waals surface area contributed by atoms with Crippen molar-refractivity contribution < 1.29 is 4.84 Å². The Kier molecular flexibility index (Phi) is 2.08. The van der Waals surface area contributed by atoms with E-state index in [9.17, 15) is 0 Å². The molecule has 0 atom stereocenters. The Balaban J connectivity index is 2.61. The van der Waals surface area contributed by atoms with Crippen LogP contribution < -0.4 is 5.48 Å². The van der Waals surface area contributed by atoms with Crippen LogP contribution in [0.5, 0.6) is 0 Å². The summed E-state index contributed by atoms with van der Waals surface area (Å²) in [5.74, 6) is 0. The Hall–Kier alpha value is -0.540. The summed E-state index contributed by atoms with van der Waals surface area (Å²) in [5, 5.41) is 1.05. The second-order valence-corrected chi connectivity index (χ2v) is 3.00. The number of nitrogens with one attached hydrogen (secondary N) is 1. The van der Waals surface area contributed by atoms with Crippen LogP contribution in [-0.2, 0) is 4.84 Å². The Morgan fingerprint density at radius 3 is 2.78 bits per heavy atom. The van der Waals surface area contributed by atoms with Crippen molar-refractivity contribution in [1.29, 1.82) is 0 Å². The first-order valence-electron chi connectivity index (χ1n) is 2.68. The number of rotatable bonds is 2. The van der Waals surface area contributed by atoms with Gasteiger partial charge in [0.1, 0.15) is 5.00 Å². The summed E-state index contributed by atoms with van der Waals surface area (Å²) in [7, 11) is 1.61. The van der Waals surface area contributed by atoms with Crippen LogP contribution in [0.25, 0.3) is 0 Å². The molecule has 0 bridgehead atoms. The van der Waals surface area contributed by atoms with Crippen LogP contribution in [0.2, 0.25) is 0 Å². The van der Waals surface area contributed by atoms with Crippen molar-refractivity contribution in [3.05, 3.63) is 17.0 Å². The fourth-order valence-electron chi connectivity index (χ4n) is 0.590. The van der Waals surface area contributed by atoms with Crippen LogP contribution in [0, 0.1) is 6.92 Å². The molecule has 50 valence electrons. The van der Waals surface area contributed by atoms with Gasteiger partial charge in [0, 0.05) is 4.88 Å². The molecule has 1 aromatic heterocycles. The van der Waals surface area contributed by atoms with Gasteiger partial charge in [0.15, 0.2) is 0 Å². The molecule has 1 aromatic rings. The molecule has 1 rings (SSSR count). The highest BCUT2D eigenvalue weighted by Crippen LogP contribution is 2.19. The van der Waals surface area contributed by atoms with Crippen molar-refractivity contribution in [2.45, 2.75) is 6.92 Å². The van der Waals surface area contributed by atoms with Crippen molar-refractivity contribution >= 4 is 16.3 Å². The standard InChI is InChI=1S/C6H9NOS/c1-5-3-4-6(9-5)7-8-2/h3-4,7H,1-2H3. The molecule has 2 nitrogen and oxygen atoms in total. The summed E-state index contributed by atoms with van der Waals surface area (Å²) < 4.78 is 0. The highest BCUT2D eigenvalue weighted by Gasteiger charge is 1.91. The summed E-state index contributed by atoms with van der Waals surface area (Å²) in [5.41, 5.74) is 2.75. The quantitative estimate of drug-likeness (QED) is 0.639. The van der Waals surface area contributed by atoms with E-state index in [-0.39, 0.29) is 0 Å². The van der Waals surface area contributed by atoms with Gasteiger partial charge in [-0.1, -0.05) is 0 Å². The SMILES string of the molecule is CONc1ccc(C)s1. The third-order valence-electron chi connectivity index (χ3n) is 0.943. The van der Waals surface area contributed by atoms with E-state index < -0.39 is 0 Å². The molecule has 0 unspecified atom stereocenters. The molecule has 0 aliphatic rings. The molecule has 1 heterocycles. The van der Waals surface area contributed by atoms with Crippen molar-refractivity contribution in [2.75, 3.05) is 12.6 Å². The zero-order valence-electron chi connectivity index (χ0n) is 5.47. The predicted octanol–water partition coefficient (Wildman–Crippen LogP) is 2.03. The lowest BCUT2D eigenvalue weighted by Crippen LogP contribution is -1.90. The molecule has 0 saturated carbocycles. The number of aryl methyl sites for hydroxylation is 1. The second kappa shape index (κ2) is 2.85. The minimum atomic E-state index is 1.05. The Bertz CT molecular complexity index is 185. The molecule has 0 spiro atoms. The lowest BCUT2D eigenvalue weighted by Gasteiger charge is -1.94. The molecular weight excluding hydrogens is 134 g/mol. The van der Waals surface area contributed by atoms with Gasteiger partial charge in [-0.3, -0.25) is 10.3 Å². The normalized spacial score (nSPS) is 9.56. The monoisotopic (exact) mass is 143 g/mol. The molecule has 9 heavy (non-hydrogen) atoms. The van der Waals surface area contributed by atoms with Gasteiger partial charge in [-0.05, 0) is 19.1 Å². The minimum Gasteiger partial charge on any atom is -0.279 e. The Morgan fingerprint density at radius 1 is 1.56 bits per heavy atom. The van der Waals surface area contributed by atoms with E-state index in [1.54, 1.807) is 18.4 Å². The van der Waals surface area contributed by atoms with Gasteiger partial charge < -0.3 is 0 Å². The zero-order chi connectivity index (χ0) is 6.69. The summed E-state index contributed by atoms with van der Waals surface area (Å²) >= 11 is 1.68. The number of anilines is 1. The molecule has 0 radical (unpaired) electrons. The third-order valence-corrected chi connectivity index (χ3v) is 1.84. The van der Waals surface area contributed by atoms with Crippen LogP contribution in [0.1, 0.15) is 4.88 Å². The molecule has 1 N–H and O–H groups in total. The molecule has 3 heteroatoms. The average Bonchev–Trinajstić information content (AvgIpc) is 2.17. The molecule has 0 saturated heterocycles. The van der Waals surface area contributed by atoms with E-state index in [0.29, 0.717) is 0 Å². The lowest BCUT2D eigenvalue weighted by molar-refractivity contribution is 0.272. The van der Waals surface area contributed by atoms with Crippen molar-refractivity contribution in [3.8, 4) is 0 Å². The number of hydrogen-bond acceptors (Lipinski definition) is 3. The van der Waals surface area contributed by atoms with Crippen LogP contribution in [-0.4, -0.2) is 7.11 Å². The van der Waals surface area contributed by atoms with Crippen LogP contribution >= 0.6 is 11.3 Å². The van der Waals surface area contributed by atoms with E-state index in [1.807, 2.05) is 12.1 Å². The largest absolute Gasteiger partial charge is 0.279 e. The van der Waals surface area contributed by atoms with Crippen LogP contribution in [0.4, 0.5) is 5.00 Å². The summed E-state index contributed by atoms with van der Waals surface area (Å²) in [4.78, 5) is 5.99. The van der Waals surface area contributed by atoms with E-state index in [0.717, 1.165) is 5.00 Å². The minimum absolute atomic E-state index is 1.05. The first-order valence-corrected chi connectivity index (χ1v) is 3.50. The maximum absolute atomic E-state index is 4.70. The van der Waals surface area contributed by atoms with Crippen molar-refractivity contribution in [2.24, 2.45) is 0 Å². The first kappa shape index (κ1) is 6.58. The smallest absolute Gasteiger partial charge is 0.113 e. The molecule has 0 aliphatic heterocycles. The van der Waals surface area contributed by atoms with Gasteiger partial charge in [0.05, 0.1) is 7.11 Å². The third kappa shape index (κ3) is 1.69. The molecular formula is C6H9NOS. The summed E-state index contributed by atoms with van der Waals surface area (Å²) in [6.07, 6.45) is 0. The summed E-state index contributed by atoms with van der Waals surface area (Å²) in [6.45, 7) is 2.06. The maximum Gasteiger partial charge on any atom is 0.113 e. The number of hydrogen-bond donors (Lipinski definition) is 1. The fraction of sp³-hybridized carbons (Fsp3) is 0.333. The van der Waals surface area contributed by atoms with Crippen molar-refractivity contribution in [1.82, 2.24) is 0 Å². The molecule has 0 aliphatic carbocycles. The van der Waals surface area contributed by atoms with Gasteiger partial charge in [-0.25, -0.2) is 0 Å². The van der Waals surface area contributed by atoms with Gasteiger partial charge in [0.2, 0.25) is 0 Å². The van der Waals surface area contributed by atoms with Gasteiger partial charge in [0.25, 0.3) is 0 Å². The molecule has 0 amide bonds. The summed E-state index contributed by atoms with van der Waals surface area (Å²) in [6, 6.07) is 4.04. The van der Waals surface area contributed by atoms with Gasteiger partial charge in [-0.2, -0.15) is 0 Å². The first-order chi connectivity index (χ1) is 4.33. The van der Waals surface area contributed by atoms with Gasteiger partial charge >= 0.3 is 0 Å². The predicted molar refractivity (Wildman–Crippen MR) is 39.7 cm³/mol. The highest BCUT2D eigenvalue weighted by molar-refractivity contribution is 7.15. The fourth-order valence-corrected chi connectivity index (χ4v) is 1.33. The molecule has 0 fully saturated rings. The van der Waals surface area contributed by atoms with E-state index in [4.69, 9.17) is 4.84 Å². The number of thiophene rings is 1. The van der Waals surface area contributed by atoms with E-state index >= 15 is 0 Å². The van der Waals surface area contributed by atoms with E-state index in [1.165, 1.54) is 4.88 Å². The highest BCUT2D eigenvalue weighted by atomic mass is 32.1.